The van der Waals surface area contributed by atoms with E-state index < -0.39 is 5.60 Å². The number of nitrogens with one attached hydrogen (secondary N) is 2. The summed E-state index contributed by atoms with van der Waals surface area (Å²) in [5, 5.41) is 6.11. The molecule has 2 aliphatic rings. The monoisotopic (exact) mass is 365 g/mol. The Kier molecular flexibility index (Phi) is 4.79. The summed E-state index contributed by atoms with van der Waals surface area (Å²) in [5.41, 5.74) is 1.10. The zero-order valence-corrected chi connectivity index (χ0v) is 15.1. The number of benzene rings is 1. The summed E-state index contributed by atoms with van der Waals surface area (Å²) < 4.78 is 6.30. The van der Waals surface area contributed by atoms with Gasteiger partial charge in [-0.3, -0.25) is 14.6 Å². The molecule has 1 saturated carbocycles. The van der Waals surface area contributed by atoms with Crippen molar-refractivity contribution in [1.29, 1.82) is 0 Å². The number of hydrogen-bond acceptors (Lipinski definition) is 4. The van der Waals surface area contributed by atoms with E-state index >= 15 is 0 Å². The van der Waals surface area contributed by atoms with Crippen LogP contribution in [0.25, 0.3) is 0 Å². The first kappa shape index (κ1) is 17.5. The van der Waals surface area contributed by atoms with Gasteiger partial charge in [0.1, 0.15) is 11.4 Å². The van der Waals surface area contributed by atoms with Gasteiger partial charge >= 0.3 is 0 Å². The Morgan fingerprint density at radius 3 is 2.81 bits per heavy atom. The summed E-state index contributed by atoms with van der Waals surface area (Å²) in [6, 6.07) is 11.2. The Morgan fingerprint density at radius 2 is 2.04 bits per heavy atom. The number of amides is 2. The van der Waals surface area contributed by atoms with Gasteiger partial charge in [0.25, 0.3) is 5.91 Å². The van der Waals surface area contributed by atoms with Crippen molar-refractivity contribution in [2.45, 2.75) is 43.7 Å². The highest BCUT2D eigenvalue weighted by atomic mass is 16.5. The molecule has 2 aromatic rings. The van der Waals surface area contributed by atoms with Crippen molar-refractivity contribution >= 4 is 11.8 Å². The van der Waals surface area contributed by atoms with E-state index in [4.69, 9.17) is 4.74 Å². The standard InChI is InChI=1S/C21H23N3O3/c25-19(12-15-4-3-11-22-13-15)24-16-7-9-21(10-8-16)14-23-20(26)17-5-1-2-6-18(17)27-21/h1-6,11,13,16H,7-10,12,14H2,(H,23,26)(H,24,25). The number of aromatic nitrogens is 1. The maximum Gasteiger partial charge on any atom is 0.255 e. The smallest absolute Gasteiger partial charge is 0.255 e. The Morgan fingerprint density at radius 1 is 1.22 bits per heavy atom. The largest absolute Gasteiger partial charge is 0.485 e. The summed E-state index contributed by atoms with van der Waals surface area (Å²) in [6.07, 6.45) is 7.00. The van der Waals surface area contributed by atoms with E-state index in [-0.39, 0.29) is 17.9 Å². The number of para-hydroxylation sites is 1. The molecule has 2 heterocycles. The molecule has 27 heavy (non-hydrogen) atoms. The SMILES string of the molecule is O=C(Cc1cccnc1)NC1CCC2(CC1)CNC(=O)c1ccccc1O2. The third-order valence-electron chi connectivity index (χ3n) is 5.38. The number of ether oxygens (including phenoxy) is 1. The van der Waals surface area contributed by atoms with Crippen LogP contribution in [-0.4, -0.2) is 35.0 Å². The van der Waals surface area contributed by atoms with Gasteiger partial charge < -0.3 is 15.4 Å². The molecule has 140 valence electrons. The van der Waals surface area contributed by atoms with E-state index in [1.807, 2.05) is 30.3 Å². The van der Waals surface area contributed by atoms with E-state index in [0.717, 1.165) is 31.2 Å². The molecule has 1 aliphatic carbocycles. The van der Waals surface area contributed by atoms with E-state index in [9.17, 15) is 9.59 Å². The lowest BCUT2D eigenvalue weighted by atomic mass is 9.81. The summed E-state index contributed by atoms with van der Waals surface area (Å²) in [7, 11) is 0. The number of carbonyl (C=O) groups is 2. The van der Waals surface area contributed by atoms with Crippen LogP contribution in [0, 0.1) is 0 Å². The fraction of sp³-hybridized carbons (Fsp3) is 0.381. The minimum Gasteiger partial charge on any atom is -0.485 e. The van der Waals surface area contributed by atoms with Gasteiger partial charge in [0.15, 0.2) is 0 Å². The van der Waals surface area contributed by atoms with Crippen LogP contribution >= 0.6 is 0 Å². The molecule has 6 heteroatoms. The second kappa shape index (κ2) is 7.39. The molecule has 0 radical (unpaired) electrons. The van der Waals surface area contributed by atoms with Crippen molar-refractivity contribution < 1.29 is 14.3 Å². The van der Waals surface area contributed by atoms with Gasteiger partial charge in [0, 0.05) is 18.4 Å². The predicted octanol–water partition coefficient (Wildman–Crippen LogP) is 2.24. The van der Waals surface area contributed by atoms with Crippen LogP contribution in [0.3, 0.4) is 0 Å². The van der Waals surface area contributed by atoms with Gasteiger partial charge in [-0.1, -0.05) is 18.2 Å². The normalized spacial score (nSPS) is 24.3. The van der Waals surface area contributed by atoms with Crippen molar-refractivity contribution in [2.24, 2.45) is 0 Å². The number of fused-ring (bicyclic) bond motifs is 1. The third-order valence-corrected chi connectivity index (χ3v) is 5.38. The molecule has 2 N–H and O–H groups in total. The minimum atomic E-state index is -0.396. The van der Waals surface area contributed by atoms with Crippen molar-refractivity contribution in [3.05, 3.63) is 59.9 Å². The first-order valence-electron chi connectivity index (χ1n) is 9.38. The maximum atomic E-state index is 12.3. The molecule has 0 atom stereocenters. The van der Waals surface area contributed by atoms with E-state index in [0.29, 0.717) is 24.3 Å². The molecule has 1 aliphatic heterocycles. The molecule has 0 saturated heterocycles. The highest BCUT2D eigenvalue weighted by molar-refractivity contribution is 5.97. The maximum absolute atomic E-state index is 12.3. The third kappa shape index (κ3) is 3.94. The molecule has 0 unspecified atom stereocenters. The lowest BCUT2D eigenvalue weighted by Gasteiger charge is -2.39. The molecule has 4 rings (SSSR count). The average Bonchev–Trinajstić information content (AvgIpc) is 2.82. The molecule has 2 amide bonds. The highest BCUT2D eigenvalue weighted by Gasteiger charge is 2.40. The lowest BCUT2D eigenvalue weighted by molar-refractivity contribution is -0.121. The van der Waals surface area contributed by atoms with Crippen molar-refractivity contribution in [1.82, 2.24) is 15.6 Å². The Bertz CT molecular complexity index is 830. The van der Waals surface area contributed by atoms with Crippen LogP contribution in [0.5, 0.6) is 5.75 Å². The number of hydrogen-bond donors (Lipinski definition) is 2. The van der Waals surface area contributed by atoms with Crippen molar-refractivity contribution in [3.8, 4) is 5.75 Å². The Labute approximate surface area is 158 Å². The first-order chi connectivity index (χ1) is 13.1. The van der Waals surface area contributed by atoms with Crippen LogP contribution in [0.4, 0.5) is 0 Å². The highest BCUT2D eigenvalue weighted by Crippen LogP contribution is 2.36. The second-order valence-electron chi connectivity index (χ2n) is 7.34. The quantitative estimate of drug-likeness (QED) is 0.874. The van der Waals surface area contributed by atoms with E-state index in [2.05, 4.69) is 15.6 Å². The summed E-state index contributed by atoms with van der Waals surface area (Å²) in [4.78, 5) is 28.6. The van der Waals surface area contributed by atoms with Crippen LogP contribution in [0.15, 0.2) is 48.8 Å². The molecule has 0 bridgehead atoms. The molecular formula is C21H23N3O3. The van der Waals surface area contributed by atoms with Gasteiger partial charge in [-0.25, -0.2) is 0 Å². The van der Waals surface area contributed by atoms with Crippen LogP contribution in [0.1, 0.15) is 41.6 Å². The topological polar surface area (TPSA) is 80.3 Å². The molecular weight excluding hydrogens is 342 g/mol. The van der Waals surface area contributed by atoms with Crippen LogP contribution in [0.2, 0.25) is 0 Å². The van der Waals surface area contributed by atoms with Crippen LogP contribution in [-0.2, 0) is 11.2 Å². The van der Waals surface area contributed by atoms with E-state index in [1.165, 1.54) is 0 Å². The van der Waals surface area contributed by atoms with E-state index in [1.54, 1.807) is 18.5 Å². The summed E-state index contributed by atoms with van der Waals surface area (Å²) >= 11 is 0. The van der Waals surface area contributed by atoms with Crippen LogP contribution < -0.4 is 15.4 Å². The van der Waals surface area contributed by atoms with Crippen molar-refractivity contribution in [3.63, 3.8) is 0 Å². The average molecular weight is 365 g/mol. The zero-order chi connectivity index (χ0) is 18.7. The Balaban J connectivity index is 1.36. The number of carbonyl (C=O) groups excluding carboxylic acids is 2. The fourth-order valence-electron chi connectivity index (χ4n) is 3.88. The summed E-state index contributed by atoms with van der Waals surface area (Å²) in [6.45, 7) is 0.497. The van der Waals surface area contributed by atoms with Crippen molar-refractivity contribution in [2.75, 3.05) is 6.54 Å². The fourth-order valence-corrected chi connectivity index (χ4v) is 3.88. The number of pyridine rings is 1. The molecule has 1 aromatic carbocycles. The van der Waals surface area contributed by atoms with Gasteiger partial charge in [-0.05, 0) is 49.4 Å². The molecule has 6 nitrogen and oxygen atoms in total. The molecule has 1 spiro atoms. The zero-order valence-electron chi connectivity index (χ0n) is 15.1. The first-order valence-corrected chi connectivity index (χ1v) is 9.38. The number of rotatable bonds is 3. The van der Waals surface area contributed by atoms with Gasteiger partial charge in [-0.15, -0.1) is 0 Å². The predicted molar refractivity (Wildman–Crippen MR) is 100 cm³/mol. The van der Waals surface area contributed by atoms with Gasteiger partial charge in [-0.2, -0.15) is 0 Å². The summed E-state index contributed by atoms with van der Waals surface area (Å²) in [5.74, 6) is 0.574. The minimum absolute atomic E-state index is 0.0179. The molecule has 1 aromatic heterocycles. The van der Waals surface area contributed by atoms with Gasteiger partial charge in [0.2, 0.25) is 5.91 Å². The van der Waals surface area contributed by atoms with Gasteiger partial charge in [0.05, 0.1) is 18.5 Å². The molecule has 1 fully saturated rings. The second-order valence-corrected chi connectivity index (χ2v) is 7.34. The Hall–Kier alpha value is -2.89. The lowest BCUT2D eigenvalue weighted by Crippen LogP contribution is -2.51. The number of nitrogens with zero attached hydrogens (tertiary/aromatic N) is 1.